The number of hydrogen-bond donors (Lipinski definition) is 2. The van der Waals surface area contributed by atoms with Crippen molar-refractivity contribution in [3.05, 3.63) is 29.2 Å². The fourth-order valence-corrected chi connectivity index (χ4v) is 1.61. The van der Waals surface area contributed by atoms with Crippen LogP contribution in [0.2, 0.25) is 0 Å². The molecule has 0 radical (unpaired) electrons. The van der Waals surface area contributed by atoms with Crippen LogP contribution in [0.25, 0.3) is 10.9 Å². The van der Waals surface area contributed by atoms with Crippen molar-refractivity contribution >= 4 is 16.8 Å². The van der Waals surface area contributed by atoms with Crippen LogP contribution in [0.4, 0.5) is 0 Å². The molecule has 0 spiro atoms. The van der Waals surface area contributed by atoms with Gasteiger partial charge < -0.3 is 10.7 Å². The Balaban J connectivity index is 2.30. The smallest absolute Gasteiger partial charge is 0.267 e. The highest BCUT2D eigenvalue weighted by Crippen LogP contribution is 2.34. The average Bonchev–Trinajstić information content (AvgIpc) is 2.78. The summed E-state index contributed by atoms with van der Waals surface area (Å²) in [5.74, 6) is -0.486. The Kier molecular flexibility index (Phi) is 0.974. The summed E-state index contributed by atoms with van der Waals surface area (Å²) in [6, 6.07) is 1.70. The highest BCUT2D eigenvalue weighted by atomic mass is 16.1. The van der Waals surface area contributed by atoms with Crippen LogP contribution in [-0.4, -0.2) is 15.9 Å². The molecule has 0 fully saturated rings. The second-order valence-electron chi connectivity index (χ2n) is 3.24. The largest absolute Gasteiger partial charge is 0.364 e. The molecule has 2 aromatic heterocycles. The molecule has 2 heterocycles. The number of nitrogens with one attached hydrogen (secondary N) is 1. The molecule has 3 N–H and O–H groups in total. The number of carbonyl (C=O) groups is 1. The lowest BCUT2D eigenvalue weighted by atomic mass is 10.2. The van der Waals surface area contributed by atoms with Crippen LogP contribution in [0.3, 0.4) is 0 Å². The summed E-state index contributed by atoms with van der Waals surface area (Å²) >= 11 is 0. The molecular formula is C9H7N3O. The number of nitrogens with two attached hydrogens (primary N) is 1. The molecule has 0 aliphatic heterocycles. The Bertz CT molecular complexity index is 527. The molecule has 13 heavy (non-hydrogen) atoms. The quantitative estimate of drug-likeness (QED) is 0.564. The molecule has 0 aromatic carbocycles. The van der Waals surface area contributed by atoms with Crippen LogP contribution < -0.4 is 5.73 Å². The summed E-state index contributed by atoms with van der Waals surface area (Å²) in [6.45, 7) is 0. The fourth-order valence-electron chi connectivity index (χ4n) is 1.61. The van der Waals surface area contributed by atoms with Crippen molar-refractivity contribution in [1.82, 2.24) is 9.97 Å². The maximum atomic E-state index is 10.8. The van der Waals surface area contributed by atoms with Crippen molar-refractivity contribution < 1.29 is 4.79 Å². The molecule has 64 valence electrons. The van der Waals surface area contributed by atoms with E-state index in [2.05, 4.69) is 9.97 Å². The van der Waals surface area contributed by atoms with E-state index in [1.807, 2.05) is 0 Å². The number of pyridine rings is 1. The van der Waals surface area contributed by atoms with E-state index < -0.39 is 5.91 Å². The van der Waals surface area contributed by atoms with Gasteiger partial charge in [0.15, 0.2) is 0 Å². The minimum absolute atomic E-state index is 0.314. The maximum absolute atomic E-state index is 10.8. The van der Waals surface area contributed by atoms with Crippen molar-refractivity contribution in [3.63, 3.8) is 0 Å². The molecule has 4 nitrogen and oxygen atoms in total. The summed E-state index contributed by atoms with van der Waals surface area (Å²) < 4.78 is 0. The van der Waals surface area contributed by atoms with E-state index in [1.54, 1.807) is 12.3 Å². The Morgan fingerprint density at radius 3 is 3.23 bits per heavy atom. The highest BCUT2D eigenvalue weighted by Gasteiger charge is 2.23. The number of aromatic nitrogens is 2. The molecule has 4 heteroatoms. The predicted molar refractivity (Wildman–Crippen MR) is 47.4 cm³/mol. The van der Waals surface area contributed by atoms with Gasteiger partial charge in [-0.15, -0.1) is 0 Å². The number of H-pyrrole nitrogens is 1. The maximum Gasteiger partial charge on any atom is 0.267 e. The molecule has 1 aliphatic carbocycles. The summed E-state index contributed by atoms with van der Waals surface area (Å²) in [5.41, 5.74) is 8.95. The number of amides is 1. The van der Waals surface area contributed by atoms with Crippen LogP contribution >= 0.6 is 0 Å². The number of fused-ring (bicyclic) bond motifs is 3. The second-order valence-corrected chi connectivity index (χ2v) is 3.24. The van der Waals surface area contributed by atoms with Gasteiger partial charge in [0, 0.05) is 29.2 Å². The third kappa shape index (κ3) is 0.796. The lowest BCUT2D eigenvalue weighted by Gasteiger charge is -1.95. The van der Waals surface area contributed by atoms with Gasteiger partial charge in [0.25, 0.3) is 5.91 Å². The number of aromatic amines is 1. The normalized spacial score (nSPS) is 12.9. The monoisotopic (exact) mass is 173 g/mol. The summed E-state index contributed by atoms with van der Waals surface area (Å²) in [5, 5.41) is 1.11. The van der Waals surface area contributed by atoms with E-state index in [0.717, 1.165) is 17.3 Å². The van der Waals surface area contributed by atoms with Gasteiger partial charge in [0.1, 0.15) is 5.69 Å². The number of hydrogen-bond acceptors (Lipinski definition) is 2. The predicted octanol–water partition coefficient (Wildman–Crippen LogP) is 0.566. The van der Waals surface area contributed by atoms with Crippen LogP contribution in [-0.2, 0) is 6.42 Å². The minimum Gasteiger partial charge on any atom is -0.364 e. The lowest BCUT2D eigenvalue weighted by Crippen LogP contribution is -2.12. The van der Waals surface area contributed by atoms with Crippen molar-refractivity contribution in [1.29, 1.82) is 0 Å². The van der Waals surface area contributed by atoms with Gasteiger partial charge in [0.2, 0.25) is 0 Å². The zero-order valence-corrected chi connectivity index (χ0v) is 6.79. The van der Waals surface area contributed by atoms with Gasteiger partial charge in [-0.2, -0.15) is 0 Å². The van der Waals surface area contributed by atoms with E-state index in [-0.39, 0.29) is 0 Å². The Hall–Kier alpha value is -1.84. The first kappa shape index (κ1) is 6.65. The van der Waals surface area contributed by atoms with Gasteiger partial charge >= 0.3 is 0 Å². The van der Waals surface area contributed by atoms with Crippen molar-refractivity contribution in [3.8, 4) is 0 Å². The number of rotatable bonds is 1. The molecule has 1 amide bonds. The molecule has 3 rings (SSSR count). The number of carbonyl (C=O) groups excluding carboxylic acids is 1. The third-order valence-corrected chi connectivity index (χ3v) is 2.36. The first-order valence-corrected chi connectivity index (χ1v) is 4.05. The molecule has 2 aromatic rings. The third-order valence-electron chi connectivity index (χ3n) is 2.36. The molecule has 0 bridgehead atoms. The summed E-state index contributed by atoms with van der Waals surface area (Å²) in [6.07, 6.45) is 2.74. The second kappa shape index (κ2) is 1.90. The number of primary amides is 1. The topological polar surface area (TPSA) is 71.8 Å². The first-order valence-electron chi connectivity index (χ1n) is 4.05. The Morgan fingerprint density at radius 2 is 2.46 bits per heavy atom. The van der Waals surface area contributed by atoms with Crippen LogP contribution in [0.15, 0.2) is 12.3 Å². The molecule has 0 unspecified atom stereocenters. The van der Waals surface area contributed by atoms with E-state index in [1.165, 1.54) is 11.3 Å². The minimum atomic E-state index is -0.486. The van der Waals surface area contributed by atoms with E-state index in [4.69, 9.17) is 5.73 Å². The van der Waals surface area contributed by atoms with Crippen molar-refractivity contribution in [2.75, 3.05) is 0 Å². The zero-order valence-electron chi connectivity index (χ0n) is 6.79. The van der Waals surface area contributed by atoms with Gasteiger partial charge in [-0.05, 0) is 11.6 Å². The van der Waals surface area contributed by atoms with Gasteiger partial charge in [-0.25, -0.2) is 0 Å². The molecule has 1 aliphatic rings. The molecule has 0 atom stereocenters. The van der Waals surface area contributed by atoms with Gasteiger partial charge in [0.05, 0.1) is 0 Å². The first-order chi connectivity index (χ1) is 6.25. The zero-order chi connectivity index (χ0) is 9.00. The molecular weight excluding hydrogens is 166 g/mol. The Labute approximate surface area is 73.8 Å². The van der Waals surface area contributed by atoms with Crippen LogP contribution in [0.5, 0.6) is 0 Å². The highest BCUT2D eigenvalue weighted by molar-refractivity contribution is 5.96. The summed E-state index contributed by atoms with van der Waals surface area (Å²) in [4.78, 5) is 18.0. The van der Waals surface area contributed by atoms with Crippen molar-refractivity contribution in [2.24, 2.45) is 5.73 Å². The van der Waals surface area contributed by atoms with Gasteiger partial charge in [-0.3, -0.25) is 9.78 Å². The van der Waals surface area contributed by atoms with E-state index in [9.17, 15) is 4.79 Å². The fraction of sp³-hybridized carbons (Fsp3) is 0.111. The van der Waals surface area contributed by atoms with Crippen molar-refractivity contribution in [2.45, 2.75) is 6.42 Å². The SMILES string of the molecule is NC(=O)c1cc2[nH]c3c(c2cn1)C3. The van der Waals surface area contributed by atoms with E-state index >= 15 is 0 Å². The summed E-state index contributed by atoms with van der Waals surface area (Å²) in [7, 11) is 0. The molecule has 0 saturated carbocycles. The van der Waals surface area contributed by atoms with E-state index in [0.29, 0.717) is 5.69 Å². The molecule has 0 saturated heterocycles. The van der Waals surface area contributed by atoms with Gasteiger partial charge in [-0.1, -0.05) is 0 Å². The number of nitrogens with zero attached hydrogens (tertiary/aromatic N) is 1. The Morgan fingerprint density at radius 1 is 1.62 bits per heavy atom. The average molecular weight is 173 g/mol. The van der Waals surface area contributed by atoms with Crippen LogP contribution in [0.1, 0.15) is 21.7 Å². The lowest BCUT2D eigenvalue weighted by molar-refractivity contribution is 0.0996. The van der Waals surface area contributed by atoms with Crippen LogP contribution in [0, 0.1) is 0 Å². The standard InChI is InChI=1S/C9H7N3O/c10-9(13)8-2-7-5(3-11-8)4-1-6(4)12-7/h2-3,12H,1H2,(H2,10,13).